The van der Waals surface area contributed by atoms with E-state index in [0.717, 1.165) is 6.07 Å². The lowest BCUT2D eigenvalue weighted by Gasteiger charge is -2.35. The van der Waals surface area contributed by atoms with Crippen LogP contribution in [0.1, 0.15) is 44.2 Å². The minimum Gasteiger partial charge on any atom is -0.496 e. The fraction of sp³-hybridized carbons (Fsp3) is 0.360. The van der Waals surface area contributed by atoms with E-state index in [0.29, 0.717) is 22.6 Å². The Morgan fingerprint density at radius 1 is 1.16 bits per heavy atom. The number of nitrogens with zero attached hydrogens (tertiary/aromatic N) is 1. The third kappa shape index (κ3) is 4.82. The molecule has 1 heterocycles. The van der Waals surface area contributed by atoms with E-state index in [4.69, 9.17) is 9.47 Å². The first-order valence-electron chi connectivity index (χ1n) is 10.5. The van der Waals surface area contributed by atoms with Crippen molar-refractivity contribution in [3.05, 3.63) is 76.5 Å². The molecule has 2 aromatic carbocycles. The molecule has 1 amide bonds. The van der Waals surface area contributed by atoms with Crippen LogP contribution in [0.15, 0.2) is 53.7 Å². The maximum absolute atomic E-state index is 14.3. The molecule has 1 aliphatic heterocycles. The van der Waals surface area contributed by atoms with Gasteiger partial charge in [-0.1, -0.05) is 44.2 Å². The van der Waals surface area contributed by atoms with Crippen LogP contribution in [0.3, 0.4) is 0 Å². The number of amides is 1. The van der Waals surface area contributed by atoms with Gasteiger partial charge in [0.1, 0.15) is 5.75 Å². The van der Waals surface area contributed by atoms with Gasteiger partial charge >= 0.3 is 5.97 Å². The summed E-state index contributed by atoms with van der Waals surface area (Å²) in [6.07, 6.45) is -0.0270. The van der Waals surface area contributed by atoms with Crippen molar-refractivity contribution in [2.75, 3.05) is 13.7 Å². The first-order chi connectivity index (χ1) is 15.2. The van der Waals surface area contributed by atoms with E-state index in [1.165, 1.54) is 24.1 Å². The van der Waals surface area contributed by atoms with Gasteiger partial charge in [0.05, 0.1) is 25.8 Å². The monoisotopic (exact) mass is 443 g/mol. The third-order valence-corrected chi connectivity index (χ3v) is 5.46. The van der Waals surface area contributed by atoms with E-state index in [2.05, 4.69) is 0 Å². The third-order valence-electron chi connectivity index (χ3n) is 5.46. The number of hydrogen-bond acceptors (Lipinski definition) is 4. The highest BCUT2D eigenvalue weighted by molar-refractivity contribution is 5.96. The largest absolute Gasteiger partial charge is 0.496 e. The molecule has 0 saturated heterocycles. The lowest BCUT2D eigenvalue weighted by atomic mass is 9.83. The first kappa shape index (κ1) is 23.4. The zero-order valence-corrected chi connectivity index (χ0v) is 18.7. The number of carbonyl (C=O) groups excluding carboxylic acids is 2. The molecule has 170 valence electrons. The van der Waals surface area contributed by atoms with Crippen molar-refractivity contribution < 1.29 is 27.8 Å². The summed E-state index contributed by atoms with van der Waals surface area (Å²) < 4.78 is 38.9. The van der Waals surface area contributed by atoms with E-state index >= 15 is 0 Å². The highest BCUT2D eigenvalue weighted by atomic mass is 19.2. The van der Waals surface area contributed by atoms with Crippen LogP contribution in [0.25, 0.3) is 0 Å². The lowest BCUT2D eigenvalue weighted by molar-refractivity contribution is -0.141. The standard InChI is InChI=1S/C25H27F2NO4/c1-15(2)14-32-25(30)23-16(3)28(13-17-8-7-10-20(26)24(17)27)22(29)12-19(23)18-9-5-6-11-21(18)31-4/h5-11,15,19H,12-14H2,1-4H3. The summed E-state index contributed by atoms with van der Waals surface area (Å²) in [6, 6.07) is 11.0. The van der Waals surface area contributed by atoms with Gasteiger partial charge in [-0.3, -0.25) is 4.79 Å². The van der Waals surface area contributed by atoms with Gasteiger partial charge in [0.2, 0.25) is 5.91 Å². The van der Waals surface area contributed by atoms with Gasteiger partial charge in [0.25, 0.3) is 0 Å². The van der Waals surface area contributed by atoms with Crippen molar-refractivity contribution in [2.45, 2.75) is 39.7 Å². The minimum absolute atomic E-state index is 0.0270. The summed E-state index contributed by atoms with van der Waals surface area (Å²) in [5, 5.41) is 0. The Hall–Kier alpha value is -3.22. The van der Waals surface area contributed by atoms with Gasteiger partial charge in [-0.2, -0.15) is 0 Å². The number of rotatable bonds is 7. The number of allylic oxidation sites excluding steroid dienone is 1. The van der Waals surface area contributed by atoms with Crippen LogP contribution >= 0.6 is 0 Å². The number of para-hydroxylation sites is 1. The Morgan fingerprint density at radius 3 is 2.56 bits per heavy atom. The Balaban J connectivity index is 2.07. The average molecular weight is 443 g/mol. The van der Waals surface area contributed by atoms with E-state index in [1.54, 1.807) is 19.1 Å². The molecule has 7 heteroatoms. The van der Waals surface area contributed by atoms with Crippen LogP contribution in [-0.4, -0.2) is 30.5 Å². The molecule has 0 bridgehead atoms. The normalized spacial score (nSPS) is 16.5. The van der Waals surface area contributed by atoms with Crippen molar-refractivity contribution in [1.29, 1.82) is 0 Å². The second-order valence-corrected chi connectivity index (χ2v) is 8.18. The molecule has 0 N–H and O–H groups in total. The van der Waals surface area contributed by atoms with Crippen molar-refractivity contribution in [3.8, 4) is 5.75 Å². The van der Waals surface area contributed by atoms with Crippen molar-refractivity contribution in [1.82, 2.24) is 4.90 Å². The minimum atomic E-state index is -1.01. The molecule has 0 saturated carbocycles. The molecule has 2 aromatic rings. The number of esters is 1. The number of benzene rings is 2. The van der Waals surface area contributed by atoms with Gasteiger partial charge in [-0.05, 0) is 25.0 Å². The molecule has 0 aliphatic carbocycles. The smallest absolute Gasteiger partial charge is 0.336 e. The quantitative estimate of drug-likeness (QED) is 0.568. The molecule has 0 fully saturated rings. The van der Waals surface area contributed by atoms with Gasteiger partial charge < -0.3 is 14.4 Å². The summed E-state index contributed by atoms with van der Waals surface area (Å²) in [5.41, 5.74) is 1.39. The molecule has 0 radical (unpaired) electrons. The van der Waals surface area contributed by atoms with Crippen LogP contribution in [0.2, 0.25) is 0 Å². The number of hydrogen-bond donors (Lipinski definition) is 0. The second kappa shape index (κ2) is 9.94. The molecule has 32 heavy (non-hydrogen) atoms. The predicted molar refractivity (Wildman–Crippen MR) is 116 cm³/mol. The highest BCUT2D eigenvalue weighted by Gasteiger charge is 2.38. The van der Waals surface area contributed by atoms with Crippen LogP contribution in [0, 0.1) is 17.6 Å². The van der Waals surface area contributed by atoms with E-state index in [1.807, 2.05) is 26.0 Å². The van der Waals surface area contributed by atoms with Crippen LogP contribution < -0.4 is 4.74 Å². The van der Waals surface area contributed by atoms with Crippen LogP contribution in [-0.2, 0) is 20.9 Å². The van der Waals surface area contributed by atoms with Gasteiger partial charge in [-0.25, -0.2) is 13.6 Å². The van der Waals surface area contributed by atoms with Crippen molar-refractivity contribution in [3.63, 3.8) is 0 Å². The Kier molecular flexibility index (Phi) is 7.28. The molecular weight excluding hydrogens is 416 g/mol. The number of ether oxygens (including phenoxy) is 2. The molecular formula is C25H27F2NO4. The fourth-order valence-electron chi connectivity index (χ4n) is 3.85. The van der Waals surface area contributed by atoms with E-state index in [9.17, 15) is 18.4 Å². The Bertz CT molecular complexity index is 1050. The molecule has 5 nitrogen and oxygen atoms in total. The molecule has 1 aliphatic rings. The van der Waals surface area contributed by atoms with Crippen LogP contribution in [0.4, 0.5) is 8.78 Å². The fourth-order valence-corrected chi connectivity index (χ4v) is 3.85. The zero-order valence-electron chi connectivity index (χ0n) is 18.7. The second-order valence-electron chi connectivity index (χ2n) is 8.18. The SMILES string of the molecule is COc1ccccc1C1CC(=O)N(Cc2cccc(F)c2F)C(C)=C1C(=O)OCC(C)C. The van der Waals surface area contributed by atoms with Crippen molar-refractivity contribution >= 4 is 11.9 Å². The molecule has 1 unspecified atom stereocenters. The molecule has 0 aromatic heterocycles. The summed E-state index contributed by atoms with van der Waals surface area (Å²) in [6.45, 7) is 5.52. The lowest BCUT2D eigenvalue weighted by Crippen LogP contribution is -2.38. The summed E-state index contributed by atoms with van der Waals surface area (Å²) in [7, 11) is 1.52. The zero-order chi connectivity index (χ0) is 23.4. The van der Waals surface area contributed by atoms with Gasteiger partial charge in [0, 0.05) is 29.2 Å². The number of halogens is 2. The predicted octanol–water partition coefficient (Wildman–Crippen LogP) is 4.96. The summed E-state index contributed by atoms with van der Waals surface area (Å²) >= 11 is 0. The van der Waals surface area contributed by atoms with Gasteiger partial charge in [-0.15, -0.1) is 0 Å². The first-order valence-corrected chi connectivity index (χ1v) is 10.5. The summed E-state index contributed by atoms with van der Waals surface area (Å²) in [5.74, 6) is -2.73. The average Bonchev–Trinajstić information content (AvgIpc) is 2.77. The summed E-state index contributed by atoms with van der Waals surface area (Å²) in [4.78, 5) is 27.5. The number of methoxy groups -OCH3 is 1. The van der Waals surface area contributed by atoms with Crippen molar-refractivity contribution in [2.24, 2.45) is 5.92 Å². The van der Waals surface area contributed by atoms with E-state index < -0.39 is 23.5 Å². The van der Waals surface area contributed by atoms with Crippen LogP contribution in [0.5, 0.6) is 5.75 Å². The van der Waals surface area contributed by atoms with E-state index in [-0.39, 0.29) is 37.0 Å². The Morgan fingerprint density at radius 2 is 1.88 bits per heavy atom. The number of carbonyl (C=O) groups is 2. The maximum Gasteiger partial charge on any atom is 0.336 e. The molecule has 1 atom stereocenters. The highest BCUT2D eigenvalue weighted by Crippen LogP contribution is 2.41. The molecule has 0 spiro atoms. The van der Waals surface area contributed by atoms with Gasteiger partial charge in [0.15, 0.2) is 11.6 Å². The Labute approximate surface area is 186 Å². The maximum atomic E-state index is 14.3. The topological polar surface area (TPSA) is 55.8 Å². The molecule has 3 rings (SSSR count).